The zero-order valence-electron chi connectivity index (χ0n) is 11.9. The highest BCUT2D eigenvalue weighted by molar-refractivity contribution is 7.90. The Hall–Kier alpha value is -1.99. The number of rotatable bonds is 5. The highest BCUT2D eigenvalue weighted by atomic mass is 35.5. The van der Waals surface area contributed by atoms with Crippen LogP contribution < -0.4 is 10.6 Å². The first-order valence-corrected chi connectivity index (χ1v) is 8.94. The van der Waals surface area contributed by atoms with Crippen molar-refractivity contribution in [2.75, 3.05) is 23.9 Å². The summed E-state index contributed by atoms with van der Waals surface area (Å²) in [6.45, 7) is 0.0527. The van der Waals surface area contributed by atoms with Crippen molar-refractivity contribution in [2.45, 2.75) is 0 Å². The molecule has 0 aliphatic carbocycles. The van der Waals surface area contributed by atoms with Crippen molar-refractivity contribution in [3.63, 3.8) is 0 Å². The van der Waals surface area contributed by atoms with E-state index in [1.165, 1.54) is 0 Å². The van der Waals surface area contributed by atoms with Crippen molar-refractivity contribution < 1.29 is 13.2 Å². The molecule has 22 heavy (non-hydrogen) atoms. The van der Waals surface area contributed by atoms with Crippen LogP contribution in [0.3, 0.4) is 0 Å². The third kappa shape index (κ3) is 4.78. The maximum absolute atomic E-state index is 11.8. The number of hydrogen-bond acceptors (Lipinski definition) is 3. The van der Waals surface area contributed by atoms with Crippen LogP contribution in [0.25, 0.3) is 5.69 Å². The molecule has 0 spiro atoms. The van der Waals surface area contributed by atoms with E-state index in [0.29, 0.717) is 10.7 Å². The van der Waals surface area contributed by atoms with E-state index in [9.17, 15) is 13.2 Å². The first-order valence-electron chi connectivity index (χ1n) is 6.50. The summed E-state index contributed by atoms with van der Waals surface area (Å²) in [6.07, 6.45) is 4.78. The summed E-state index contributed by atoms with van der Waals surface area (Å²) in [6, 6.07) is 8.33. The molecule has 6 nitrogen and oxygen atoms in total. The molecule has 0 radical (unpaired) electrons. The molecule has 2 rings (SSSR count). The van der Waals surface area contributed by atoms with Crippen LogP contribution in [-0.2, 0) is 9.84 Å². The first kappa shape index (κ1) is 16.4. The van der Waals surface area contributed by atoms with Gasteiger partial charge in [0.25, 0.3) is 0 Å². The summed E-state index contributed by atoms with van der Waals surface area (Å²) in [5.74, 6) is -0.106. The molecule has 1 aromatic carbocycles. The van der Waals surface area contributed by atoms with Gasteiger partial charge in [0, 0.05) is 30.2 Å². The number of carbonyl (C=O) groups is 1. The molecule has 0 aliphatic rings. The monoisotopic (exact) mass is 341 g/mol. The molecule has 0 unspecified atom stereocenters. The van der Waals surface area contributed by atoms with E-state index >= 15 is 0 Å². The minimum atomic E-state index is -3.11. The van der Waals surface area contributed by atoms with Gasteiger partial charge in [-0.3, -0.25) is 0 Å². The minimum Gasteiger partial charge on any atom is -0.337 e. The average molecular weight is 342 g/mol. The zero-order valence-corrected chi connectivity index (χ0v) is 13.5. The Labute approximate surface area is 134 Å². The lowest BCUT2D eigenvalue weighted by atomic mass is 10.2. The predicted octanol–water partition coefficient (Wildman–Crippen LogP) is 2.30. The van der Waals surface area contributed by atoms with Crippen molar-refractivity contribution in [2.24, 2.45) is 0 Å². The molecule has 2 amide bonds. The van der Waals surface area contributed by atoms with E-state index in [4.69, 9.17) is 11.6 Å². The number of carbonyl (C=O) groups excluding carboxylic acids is 1. The quantitative estimate of drug-likeness (QED) is 0.875. The summed E-state index contributed by atoms with van der Waals surface area (Å²) >= 11 is 6.00. The number of urea groups is 1. The van der Waals surface area contributed by atoms with Gasteiger partial charge >= 0.3 is 6.03 Å². The first-order chi connectivity index (χ1) is 10.3. The van der Waals surface area contributed by atoms with Crippen LogP contribution in [0.4, 0.5) is 10.5 Å². The van der Waals surface area contributed by atoms with E-state index in [2.05, 4.69) is 10.6 Å². The zero-order chi connectivity index (χ0) is 16.2. The molecule has 1 aromatic heterocycles. The number of nitrogens with one attached hydrogen (secondary N) is 2. The molecule has 0 atom stereocenters. The molecular weight excluding hydrogens is 326 g/mol. The van der Waals surface area contributed by atoms with E-state index in [1.807, 2.05) is 29.1 Å². The Bertz CT molecular complexity index is 758. The number of sulfone groups is 1. The molecular formula is C14H16ClN3O3S. The molecule has 0 saturated heterocycles. The molecule has 0 saturated carbocycles. The second-order valence-corrected chi connectivity index (χ2v) is 7.46. The molecule has 2 N–H and O–H groups in total. The van der Waals surface area contributed by atoms with Gasteiger partial charge in [-0.1, -0.05) is 11.6 Å². The molecule has 0 fully saturated rings. The van der Waals surface area contributed by atoms with Crippen LogP contribution in [-0.4, -0.2) is 37.6 Å². The van der Waals surface area contributed by atoms with Crippen LogP contribution >= 0.6 is 11.6 Å². The third-order valence-electron chi connectivity index (χ3n) is 2.85. The minimum absolute atomic E-state index is 0.0527. The number of hydrogen-bond donors (Lipinski definition) is 2. The average Bonchev–Trinajstić information content (AvgIpc) is 2.93. The molecule has 118 valence electrons. The van der Waals surface area contributed by atoms with Crippen LogP contribution in [0.5, 0.6) is 0 Å². The van der Waals surface area contributed by atoms with Crippen molar-refractivity contribution in [3.05, 3.63) is 47.7 Å². The standard InChI is InChI=1S/C14H16ClN3O3S/c1-22(20,21)9-6-16-14(19)17-12-5-4-11(15)10-13(12)18-7-2-3-8-18/h2-5,7-8,10H,6,9H2,1H3,(H2,16,17,19). The maximum atomic E-state index is 11.8. The molecule has 2 aromatic rings. The second-order valence-electron chi connectivity index (χ2n) is 4.76. The van der Waals surface area contributed by atoms with E-state index in [1.54, 1.807) is 18.2 Å². The van der Waals surface area contributed by atoms with E-state index in [0.717, 1.165) is 11.9 Å². The van der Waals surface area contributed by atoms with Crippen LogP contribution in [0.1, 0.15) is 0 Å². The van der Waals surface area contributed by atoms with Gasteiger partial charge in [-0.15, -0.1) is 0 Å². The van der Waals surface area contributed by atoms with Crippen LogP contribution in [0.2, 0.25) is 5.02 Å². The lowest BCUT2D eigenvalue weighted by Gasteiger charge is -2.13. The fraction of sp³-hybridized carbons (Fsp3) is 0.214. The topological polar surface area (TPSA) is 80.2 Å². The van der Waals surface area contributed by atoms with Crippen molar-refractivity contribution >= 4 is 33.2 Å². The van der Waals surface area contributed by atoms with E-state index in [-0.39, 0.29) is 12.3 Å². The summed E-state index contributed by atoms with van der Waals surface area (Å²) in [4.78, 5) is 11.8. The number of halogens is 1. The number of amides is 2. The predicted molar refractivity (Wildman–Crippen MR) is 87.5 cm³/mol. The van der Waals surface area contributed by atoms with Gasteiger partial charge in [-0.25, -0.2) is 13.2 Å². The largest absolute Gasteiger partial charge is 0.337 e. The highest BCUT2D eigenvalue weighted by Gasteiger charge is 2.09. The number of nitrogens with zero attached hydrogens (tertiary/aromatic N) is 1. The van der Waals surface area contributed by atoms with Gasteiger partial charge in [-0.2, -0.15) is 0 Å². The fourth-order valence-electron chi connectivity index (χ4n) is 1.84. The van der Waals surface area contributed by atoms with Crippen LogP contribution in [0, 0.1) is 0 Å². The van der Waals surface area contributed by atoms with Crippen molar-refractivity contribution in [1.29, 1.82) is 0 Å². The molecule has 0 aliphatic heterocycles. The van der Waals surface area contributed by atoms with Gasteiger partial charge in [0.05, 0.1) is 17.1 Å². The summed E-state index contributed by atoms with van der Waals surface area (Å²) < 4.78 is 23.9. The SMILES string of the molecule is CS(=O)(=O)CCNC(=O)Nc1ccc(Cl)cc1-n1cccc1. The molecule has 8 heteroatoms. The molecule has 1 heterocycles. The Kier molecular flexibility index (Phi) is 5.10. The molecule has 0 bridgehead atoms. The van der Waals surface area contributed by atoms with E-state index < -0.39 is 15.9 Å². The second kappa shape index (κ2) is 6.85. The Morgan fingerprint density at radius 1 is 1.27 bits per heavy atom. The highest BCUT2D eigenvalue weighted by Crippen LogP contribution is 2.24. The van der Waals surface area contributed by atoms with Crippen molar-refractivity contribution in [3.8, 4) is 5.69 Å². The Morgan fingerprint density at radius 3 is 2.59 bits per heavy atom. The van der Waals surface area contributed by atoms with Gasteiger partial charge in [-0.05, 0) is 30.3 Å². The van der Waals surface area contributed by atoms with Gasteiger partial charge in [0.15, 0.2) is 0 Å². The number of anilines is 1. The summed E-state index contributed by atoms with van der Waals surface area (Å²) in [5.41, 5.74) is 1.29. The summed E-state index contributed by atoms with van der Waals surface area (Å²) in [7, 11) is -3.11. The van der Waals surface area contributed by atoms with Gasteiger partial charge in [0.1, 0.15) is 9.84 Å². The van der Waals surface area contributed by atoms with Gasteiger partial charge in [0.2, 0.25) is 0 Å². The number of aromatic nitrogens is 1. The Balaban J connectivity index is 2.08. The fourth-order valence-corrected chi connectivity index (χ4v) is 2.47. The van der Waals surface area contributed by atoms with Gasteiger partial charge < -0.3 is 15.2 Å². The third-order valence-corrected chi connectivity index (χ3v) is 4.03. The van der Waals surface area contributed by atoms with Crippen molar-refractivity contribution in [1.82, 2.24) is 9.88 Å². The lowest BCUT2D eigenvalue weighted by molar-refractivity contribution is 0.252. The maximum Gasteiger partial charge on any atom is 0.319 e. The smallest absolute Gasteiger partial charge is 0.319 e. The lowest BCUT2D eigenvalue weighted by Crippen LogP contribution is -2.32. The number of benzene rings is 1. The Morgan fingerprint density at radius 2 is 1.95 bits per heavy atom. The normalized spacial score (nSPS) is 11.2. The van der Waals surface area contributed by atoms with Crippen LogP contribution in [0.15, 0.2) is 42.7 Å². The summed E-state index contributed by atoms with van der Waals surface area (Å²) in [5, 5.41) is 5.74.